The van der Waals surface area contributed by atoms with E-state index in [0.29, 0.717) is 12.1 Å². The van der Waals surface area contributed by atoms with E-state index in [0.717, 1.165) is 32.1 Å². The molecule has 0 aromatic heterocycles. The Hall–Kier alpha value is -2.62. The molecule has 4 nitrogen and oxygen atoms in total. The molecular weight excluding hydrogens is 360 g/mol. The normalized spacial score (nSPS) is 12.8. The summed E-state index contributed by atoms with van der Waals surface area (Å²) in [5.74, 6) is -0.266. The zero-order valence-corrected chi connectivity index (χ0v) is 17.9. The molecule has 0 aliphatic carbocycles. The van der Waals surface area contributed by atoms with Crippen LogP contribution in [0, 0.1) is 5.92 Å². The van der Waals surface area contributed by atoms with Gasteiger partial charge in [0.25, 0.3) is 5.91 Å². The second kappa shape index (κ2) is 12.1. The Morgan fingerprint density at radius 2 is 1.55 bits per heavy atom. The minimum absolute atomic E-state index is 0.0551. The summed E-state index contributed by atoms with van der Waals surface area (Å²) in [6.07, 6.45) is 4.90. The second-order valence-corrected chi connectivity index (χ2v) is 7.66. The van der Waals surface area contributed by atoms with E-state index in [9.17, 15) is 9.59 Å². The lowest BCUT2D eigenvalue weighted by Crippen LogP contribution is -2.50. The molecule has 0 saturated heterocycles. The van der Waals surface area contributed by atoms with E-state index in [1.54, 1.807) is 0 Å². The summed E-state index contributed by atoms with van der Waals surface area (Å²) in [4.78, 5) is 25.5. The number of aryl methyl sites for hydroxylation is 1. The predicted octanol–water partition coefficient (Wildman–Crippen LogP) is 4.53. The summed E-state index contributed by atoms with van der Waals surface area (Å²) in [6, 6.07) is 17.2. The lowest BCUT2D eigenvalue weighted by atomic mass is 9.97. The Labute approximate surface area is 175 Å². The van der Waals surface area contributed by atoms with Crippen LogP contribution in [0.4, 0.5) is 0 Å². The first-order chi connectivity index (χ1) is 14.0. The molecule has 2 rings (SSSR count). The van der Waals surface area contributed by atoms with Gasteiger partial charge in [0.2, 0.25) is 5.91 Å². The predicted molar refractivity (Wildman–Crippen MR) is 119 cm³/mol. The number of hydrogen-bond donors (Lipinski definition) is 2. The summed E-state index contributed by atoms with van der Waals surface area (Å²) >= 11 is 0. The molecular formula is C25H34N2O2. The number of benzene rings is 2. The lowest BCUT2D eigenvalue weighted by Gasteiger charge is -2.23. The molecule has 0 radical (unpaired) electrons. The van der Waals surface area contributed by atoms with E-state index in [1.165, 1.54) is 11.1 Å². The van der Waals surface area contributed by atoms with Crippen LogP contribution in [-0.4, -0.2) is 24.4 Å². The number of hydrogen-bond acceptors (Lipinski definition) is 2. The first-order valence-corrected chi connectivity index (χ1v) is 10.8. The van der Waals surface area contributed by atoms with Gasteiger partial charge in [0, 0.05) is 12.1 Å². The third-order valence-electron chi connectivity index (χ3n) is 5.37. The third kappa shape index (κ3) is 7.37. The SMILES string of the molecule is CCCCc1ccc(C(=O)NC(C(=O)NCCc2ccccc2)C(C)CC)cc1. The number of rotatable bonds is 11. The first kappa shape index (κ1) is 22.7. The monoisotopic (exact) mass is 394 g/mol. The third-order valence-corrected chi connectivity index (χ3v) is 5.37. The van der Waals surface area contributed by atoms with Gasteiger partial charge in [-0.1, -0.05) is 76.1 Å². The second-order valence-electron chi connectivity index (χ2n) is 7.66. The molecule has 2 amide bonds. The Balaban J connectivity index is 1.94. The van der Waals surface area contributed by atoms with Crippen molar-refractivity contribution in [2.45, 2.75) is 58.9 Å². The van der Waals surface area contributed by atoms with Crippen molar-refractivity contribution in [3.8, 4) is 0 Å². The summed E-state index contributed by atoms with van der Waals surface area (Å²) in [5, 5.41) is 5.93. The van der Waals surface area contributed by atoms with Crippen molar-refractivity contribution in [1.82, 2.24) is 10.6 Å². The molecule has 0 saturated carbocycles. The molecule has 0 fully saturated rings. The molecule has 4 heteroatoms. The van der Waals surface area contributed by atoms with Crippen molar-refractivity contribution in [3.05, 3.63) is 71.3 Å². The van der Waals surface area contributed by atoms with Crippen LogP contribution >= 0.6 is 0 Å². The quantitative estimate of drug-likeness (QED) is 0.588. The fraction of sp³-hybridized carbons (Fsp3) is 0.440. The summed E-state index contributed by atoms with van der Waals surface area (Å²) in [7, 11) is 0. The summed E-state index contributed by atoms with van der Waals surface area (Å²) in [6.45, 7) is 6.75. The summed E-state index contributed by atoms with van der Waals surface area (Å²) < 4.78 is 0. The molecule has 29 heavy (non-hydrogen) atoms. The minimum Gasteiger partial charge on any atom is -0.354 e. The van der Waals surface area contributed by atoms with Gasteiger partial charge in [-0.05, 0) is 48.4 Å². The Kier molecular flexibility index (Phi) is 9.42. The molecule has 2 N–H and O–H groups in total. The highest BCUT2D eigenvalue weighted by Gasteiger charge is 2.26. The van der Waals surface area contributed by atoms with Gasteiger partial charge >= 0.3 is 0 Å². The zero-order chi connectivity index (χ0) is 21.1. The van der Waals surface area contributed by atoms with Gasteiger partial charge < -0.3 is 10.6 Å². The first-order valence-electron chi connectivity index (χ1n) is 10.8. The maximum absolute atomic E-state index is 12.7. The van der Waals surface area contributed by atoms with E-state index >= 15 is 0 Å². The average molecular weight is 395 g/mol. The lowest BCUT2D eigenvalue weighted by molar-refractivity contribution is -0.124. The molecule has 0 spiro atoms. The van der Waals surface area contributed by atoms with E-state index in [2.05, 4.69) is 17.6 Å². The van der Waals surface area contributed by atoms with Gasteiger partial charge in [0.05, 0.1) is 0 Å². The maximum atomic E-state index is 12.7. The van der Waals surface area contributed by atoms with Gasteiger partial charge in [-0.15, -0.1) is 0 Å². The zero-order valence-electron chi connectivity index (χ0n) is 17.9. The minimum atomic E-state index is -0.539. The highest BCUT2D eigenvalue weighted by atomic mass is 16.2. The van der Waals surface area contributed by atoms with Crippen molar-refractivity contribution in [2.75, 3.05) is 6.54 Å². The fourth-order valence-electron chi connectivity index (χ4n) is 3.21. The highest BCUT2D eigenvalue weighted by Crippen LogP contribution is 2.12. The van der Waals surface area contributed by atoms with Crippen LogP contribution in [0.2, 0.25) is 0 Å². The van der Waals surface area contributed by atoms with Gasteiger partial charge in [-0.3, -0.25) is 9.59 Å². The average Bonchev–Trinajstić information content (AvgIpc) is 2.76. The Bertz CT molecular complexity index is 756. The molecule has 2 aromatic carbocycles. The van der Waals surface area contributed by atoms with Crippen molar-refractivity contribution < 1.29 is 9.59 Å². The van der Waals surface area contributed by atoms with E-state index in [4.69, 9.17) is 0 Å². The van der Waals surface area contributed by atoms with E-state index < -0.39 is 6.04 Å². The van der Waals surface area contributed by atoms with Gasteiger partial charge in [0.15, 0.2) is 0 Å². The summed E-state index contributed by atoms with van der Waals surface area (Å²) in [5.41, 5.74) is 3.01. The molecule has 2 unspecified atom stereocenters. The van der Waals surface area contributed by atoms with Crippen LogP contribution in [0.3, 0.4) is 0 Å². The van der Waals surface area contributed by atoms with Crippen LogP contribution in [0.1, 0.15) is 61.5 Å². The number of carbonyl (C=O) groups is 2. The molecule has 0 aliphatic rings. The standard InChI is InChI=1S/C25H34N2O2/c1-4-6-10-21-13-15-22(16-14-21)24(28)27-23(19(3)5-2)25(29)26-18-17-20-11-8-7-9-12-20/h7-9,11-16,19,23H,4-6,10,17-18H2,1-3H3,(H,26,29)(H,27,28). The molecule has 0 bridgehead atoms. The van der Waals surface area contributed by atoms with Crippen LogP contribution in [0.25, 0.3) is 0 Å². The fourth-order valence-corrected chi connectivity index (χ4v) is 3.21. The van der Waals surface area contributed by atoms with E-state index in [1.807, 2.05) is 68.4 Å². The highest BCUT2D eigenvalue weighted by molar-refractivity contribution is 5.97. The number of nitrogens with one attached hydrogen (secondary N) is 2. The van der Waals surface area contributed by atoms with Crippen LogP contribution in [-0.2, 0) is 17.6 Å². The van der Waals surface area contributed by atoms with Gasteiger partial charge in [-0.2, -0.15) is 0 Å². The van der Waals surface area contributed by atoms with Gasteiger partial charge in [-0.25, -0.2) is 0 Å². The Morgan fingerprint density at radius 3 is 2.17 bits per heavy atom. The number of unbranched alkanes of at least 4 members (excludes halogenated alkanes) is 1. The molecule has 0 aliphatic heterocycles. The molecule has 156 valence electrons. The van der Waals surface area contributed by atoms with Crippen molar-refractivity contribution in [1.29, 1.82) is 0 Å². The largest absolute Gasteiger partial charge is 0.354 e. The smallest absolute Gasteiger partial charge is 0.251 e. The topological polar surface area (TPSA) is 58.2 Å². The van der Waals surface area contributed by atoms with Crippen LogP contribution < -0.4 is 10.6 Å². The van der Waals surface area contributed by atoms with Crippen LogP contribution in [0.15, 0.2) is 54.6 Å². The number of amides is 2. The van der Waals surface area contributed by atoms with Crippen LogP contribution in [0.5, 0.6) is 0 Å². The number of carbonyl (C=O) groups excluding carboxylic acids is 2. The van der Waals surface area contributed by atoms with E-state index in [-0.39, 0.29) is 17.7 Å². The van der Waals surface area contributed by atoms with Gasteiger partial charge in [0.1, 0.15) is 6.04 Å². The molecule has 0 heterocycles. The molecule has 2 aromatic rings. The van der Waals surface area contributed by atoms with Crippen molar-refractivity contribution >= 4 is 11.8 Å². The molecule has 2 atom stereocenters. The maximum Gasteiger partial charge on any atom is 0.251 e. The van der Waals surface area contributed by atoms with Crippen molar-refractivity contribution in [2.24, 2.45) is 5.92 Å². The van der Waals surface area contributed by atoms with Crippen molar-refractivity contribution in [3.63, 3.8) is 0 Å². The Morgan fingerprint density at radius 1 is 0.897 bits per heavy atom.